The van der Waals surface area contributed by atoms with Crippen molar-refractivity contribution >= 4 is 27.8 Å². The molecule has 1 amide bonds. The van der Waals surface area contributed by atoms with E-state index in [9.17, 15) is 10.1 Å². The van der Waals surface area contributed by atoms with Crippen molar-refractivity contribution in [1.29, 1.82) is 5.26 Å². The van der Waals surface area contributed by atoms with E-state index in [1.807, 2.05) is 19.1 Å². The van der Waals surface area contributed by atoms with Crippen molar-refractivity contribution in [2.24, 2.45) is 5.92 Å². The second kappa shape index (κ2) is 7.93. The summed E-state index contributed by atoms with van der Waals surface area (Å²) in [4.78, 5) is 22.4. The number of amides is 1. The van der Waals surface area contributed by atoms with Gasteiger partial charge in [0.2, 0.25) is 5.91 Å². The molecule has 0 bridgehead atoms. The average molecular weight is 418 g/mol. The number of aryl methyl sites for hydroxylation is 1. The fraction of sp³-hybridized carbons (Fsp3) is 0.500. The molecule has 2 aliphatic rings. The monoisotopic (exact) mass is 417 g/mol. The molecule has 160 valence electrons. The Morgan fingerprint density at radius 2 is 2.16 bits per heavy atom. The molecule has 0 spiro atoms. The van der Waals surface area contributed by atoms with E-state index in [1.54, 1.807) is 6.07 Å². The highest BCUT2D eigenvalue weighted by Crippen LogP contribution is 2.35. The smallest absolute Gasteiger partial charge is 0.227 e. The number of carbonyl (C=O) groups is 1. The highest BCUT2D eigenvalue weighted by Gasteiger charge is 2.28. The van der Waals surface area contributed by atoms with Gasteiger partial charge in [0.1, 0.15) is 11.3 Å². The molecule has 2 fully saturated rings. The van der Waals surface area contributed by atoms with Crippen molar-refractivity contribution in [3.8, 4) is 6.07 Å². The Bertz CT molecular complexity index is 1200. The Balaban J connectivity index is 1.66. The maximum Gasteiger partial charge on any atom is 0.227 e. The van der Waals surface area contributed by atoms with Crippen LogP contribution >= 0.6 is 0 Å². The molecule has 1 saturated carbocycles. The number of nitrogens with one attached hydrogen (secondary N) is 1. The van der Waals surface area contributed by atoms with Gasteiger partial charge >= 0.3 is 0 Å². The number of aromatic nitrogens is 3. The minimum atomic E-state index is 0.0104. The molecule has 3 heterocycles. The van der Waals surface area contributed by atoms with Gasteiger partial charge in [-0.05, 0) is 63.6 Å². The summed E-state index contributed by atoms with van der Waals surface area (Å²) < 4.78 is 8.03. The number of hydrogen-bond donors (Lipinski definition) is 1. The maximum absolute atomic E-state index is 12.7. The topological polar surface area (TPSA) is 92.8 Å². The molecule has 2 atom stereocenters. The summed E-state index contributed by atoms with van der Waals surface area (Å²) in [5.74, 6) is 1.41. The first-order valence-corrected chi connectivity index (χ1v) is 11.1. The first kappa shape index (κ1) is 20.0. The van der Waals surface area contributed by atoms with Crippen molar-refractivity contribution < 1.29 is 9.53 Å². The number of benzene rings is 1. The molecule has 1 aromatic carbocycles. The maximum atomic E-state index is 12.7. The average Bonchev–Trinajstić information content (AvgIpc) is 3.51. The number of nitriles is 1. The summed E-state index contributed by atoms with van der Waals surface area (Å²) >= 11 is 0. The SMILES string of the molecule is Cc1nc2ccc(C#N)cc2c2c1nc(CC(=O)NCC1CC1)n2[C@@H]1CCO[C@H](C)C1. The number of pyridine rings is 1. The molecule has 1 aliphatic carbocycles. The number of ether oxygens (including phenoxy) is 1. The van der Waals surface area contributed by atoms with Gasteiger partial charge in [-0.2, -0.15) is 5.26 Å². The van der Waals surface area contributed by atoms with Crippen LogP contribution < -0.4 is 5.32 Å². The fourth-order valence-electron chi connectivity index (χ4n) is 4.63. The largest absolute Gasteiger partial charge is 0.378 e. The van der Waals surface area contributed by atoms with Crippen molar-refractivity contribution in [1.82, 2.24) is 19.9 Å². The van der Waals surface area contributed by atoms with Crippen LogP contribution in [0.4, 0.5) is 0 Å². The Kier molecular flexibility index (Phi) is 5.11. The normalized spacial score (nSPS) is 21.3. The summed E-state index contributed by atoms with van der Waals surface area (Å²) in [6.45, 7) is 5.49. The van der Waals surface area contributed by atoms with Gasteiger partial charge in [-0.15, -0.1) is 0 Å². The van der Waals surface area contributed by atoms with Crippen LogP contribution in [-0.2, 0) is 16.0 Å². The molecule has 7 heteroatoms. The zero-order valence-electron chi connectivity index (χ0n) is 18.0. The quantitative estimate of drug-likeness (QED) is 0.685. The third-order valence-corrected chi connectivity index (χ3v) is 6.42. The van der Waals surface area contributed by atoms with E-state index in [2.05, 4.69) is 22.9 Å². The van der Waals surface area contributed by atoms with Crippen molar-refractivity contribution in [3.05, 3.63) is 35.3 Å². The summed E-state index contributed by atoms with van der Waals surface area (Å²) in [7, 11) is 0. The number of rotatable bonds is 5. The summed E-state index contributed by atoms with van der Waals surface area (Å²) in [5, 5.41) is 13.4. The highest BCUT2D eigenvalue weighted by molar-refractivity contribution is 6.04. The zero-order chi connectivity index (χ0) is 21.5. The summed E-state index contributed by atoms with van der Waals surface area (Å²) in [6, 6.07) is 8.01. The molecule has 2 aromatic heterocycles. The molecule has 1 N–H and O–H groups in total. The zero-order valence-corrected chi connectivity index (χ0v) is 18.0. The Labute approximate surface area is 181 Å². The lowest BCUT2D eigenvalue weighted by molar-refractivity contribution is -0.120. The first-order valence-electron chi connectivity index (χ1n) is 11.1. The van der Waals surface area contributed by atoms with Crippen LogP contribution in [0, 0.1) is 24.2 Å². The van der Waals surface area contributed by atoms with Gasteiger partial charge in [-0.3, -0.25) is 9.78 Å². The van der Waals surface area contributed by atoms with Crippen molar-refractivity contribution in [3.63, 3.8) is 0 Å². The van der Waals surface area contributed by atoms with Gasteiger partial charge in [-0.25, -0.2) is 4.98 Å². The second-order valence-corrected chi connectivity index (χ2v) is 8.92. The lowest BCUT2D eigenvalue weighted by Gasteiger charge is -2.30. The minimum absolute atomic E-state index is 0.0104. The molecule has 3 aromatic rings. The molecule has 5 rings (SSSR count). The van der Waals surface area contributed by atoms with Crippen LogP contribution in [0.3, 0.4) is 0 Å². The van der Waals surface area contributed by atoms with Gasteiger partial charge in [0.25, 0.3) is 0 Å². The van der Waals surface area contributed by atoms with Gasteiger partial charge in [0.15, 0.2) is 0 Å². The standard InChI is InChI=1S/C24H27N5O2/c1-14-9-18(7-8-31-14)29-21(11-22(30)26-13-16-3-4-16)28-23-15(2)27-20-6-5-17(12-25)10-19(20)24(23)29/h5-6,10,14,16,18H,3-4,7-9,11,13H2,1-2H3,(H,26,30)/t14-,18-/m1/s1. The fourth-order valence-corrected chi connectivity index (χ4v) is 4.63. The lowest BCUT2D eigenvalue weighted by Crippen LogP contribution is -2.30. The van der Waals surface area contributed by atoms with Crippen LogP contribution in [-0.4, -0.2) is 39.7 Å². The van der Waals surface area contributed by atoms with E-state index in [1.165, 1.54) is 12.8 Å². The number of fused-ring (bicyclic) bond motifs is 3. The van der Waals surface area contributed by atoms with Crippen molar-refractivity contribution in [2.75, 3.05) is 13.2 Å². The van der Waals surface area contributed by atoms with Crippen LogP contribution in [0.15, 0.2) is 18.2 Å². The Morgan fingerprint density at radius 3 is 2.90 bits per heavy atom. The predicted molar refractivity (Wildman–Crippen MR) is 118 cm³/mol. The van der Waals surface area contributed by atoms with Gasteiger partial charge in [0.05, 0.1) is 40.9 Å². The molecular formula is C24H27N5O2. The van der Waals surface area contributed by atoms with E-state index in [0.29, 0.717) is 18.1 Å². The molecular weight excluding hydrogens is 390 g/mol. The van der Waals surface area contributed by atoms with E-state index < -0.39 is 0 Å². The van der Waals surface area contributed by atoms with Crippen LogP contribution in [0.5, 0.6) is 0 Å². The van der Waals surface area contributed by atoms with E-state index >= 15 is 0 Å². The Hall–Kier alpha value is -2.98. The molecule has 31 heavy (non-hydrogen) atoms. The number of nitrogens with zero attached hydrogens (tertiary/aromatic N) is 4. The van der Waals surface area contributed by atoms with Gasteiger partial charge in [-0.1, -0.05) is 0 Å². The van der Waals surface area contributed by atoms with E-state index in [4.69, 9.17) is 14.7 Å². The Morgan fingerprint density at radius 1 is 1.32 bits per heavy atom. The van der Waals surface area contributed by atoms with Crippen LogP contribution in [0.2, 0.25) is 0 Å². The van der Waals surface area contributed by atoms with E-state index in [0.717, 1.165) is 52.8 Å². The highest BCUT2D eigenvalue weighted by atomic mass is 16.5. The molecule has 7 nitrogen and oxygen atoms in total. The van der Waals surface area contributed by atoms with Gasteiger partial charge < -0.3 is 14.6 Å². The molecule has 1 saturated heterocycles. The first-order chi connectivity index (χ1) is 15.0. The third-order valence-electron chi connectivity index (χ3n) is 6.42. The van der Waals surface area contributed by atoms with Crippen LogP contribution in [0.1, 0.15) is 55.7 Å². The minimum Gasteiger partial charge on any atom is -0.378 e. The lowest BCUT2D eigenvalue weighted by atomic mass is 10.0. The molecule has 1 aliphatic heterocycles. The third kappa shape index (κ3) is 3.88. The van der Waals surface area contributed by atoms with Gasteiger partial charge in [0, 0.05) is 24.6 Å². The number of carbonyl (C=O) groups excluding carboxylic acids is 1. The number of hydrogen-bond acceptors (Lipinski definition) is 5. The second-order valence-electron chi connectivity index (χ2n) is 8.92. The van der Waals surface area contributed by atoms with Crippen LogP contribution in [0.25, 0.3) is 21.9 Å². The summed E-state index contributed by atoms with van der Waals surface area (Å²) in [6.07, 6.45) is 4.53. The van der Waals surface area contributed by atoms with E-state index in [-0.39, 0.29) is 24.5 Å². The molecule has 0 unspecified atom stereocenters. The van der Waals surface area contributed by atoms with Crippen molar-refractivity contribution in [2.45, 2.75) is 58.1 Å². The molecule has 0 radical (unpaired) electrons. The summed E-state index contributed by atoms with van der Waals surface area (Å²) in [5.41, 5.74) is 4.06. The predicted octanol–water partition coefficient (Wildman–Crippen LogP) is 3.57. The number of imidazole rings is 1.